The van der Waals surface area contributed by atoms with Crippen LogP contribution in [0.5, 0.6) is 0 Å². The summed E-state index contributed by atoms with van der Waals surface area (Å²) in [4.78, 5) is 65.1. The van der Waals surface area contributed by atoms with Crippen molar-refractivity contribution in [3.05, 3.63) is 47.8 Å². The van der Waals surface area contributed by atoms with Gasteiger partial charge in [0.15, 0.2) is 17.5 Å². The second-order valence-corrected chi connectivity index (χ2v) is 15.7. The van der Waals surface area contributed by atoms with Gasteiger partial charge in [-0.25, -0.2) is 0 Å². The lowest BCUT2D eigenvalue weighted by Crippen LogP contribution is -2.51. The average Bonchev–Trinajstić information content (AvgIpc) is 3.60. The summed E-state index contributed by atoms with van der Waals surface area (Å²) < 4.78 is 46.4. The molecule has 2 atom stereocenters. The second-order valence-electron chi connectivity index (χ2n) is 15.7. The number of allylic oxidation sites excluding steroid dienone is 2. The van der Waals surface area contributed by atoms with Gasteiger partial charge in [0.2, 0.25) is 5.91 Å². The summed E-state index contributed by atoms with van der Waals surface area (Å²) in [6, 6.07) is 0. The minimum Gasteiger partial charge on any atom is -0.464 e. The van der Waals surface area contributed by atoms with Crippen LogP contribution in [0, 0.1) is 22.2 Å². The first kappa shape index (κ1) is 40.7. The van der Waals surface area contributed by atoms with Crippen LogP contribution in [0.2, 0.25) is 0 Å². The summed E-state index contributed by atoms with van der Waals surface area (Å²) in [6.45, 7) is 11.2. The first-order chi connectivity index (χ1) is 25.3. The van der Waals surface area contributed by atoms with Gasteiger partial charge in [0.05, 0.1) is 32.6 Å². The number of hydrogen-bond acceptors (Lipinski definition) is 15. The van der Waals surface area contributed by atoms with E-state index in [0.29, 0.717) is 18.7 Å². The van der Waals surface area contributed by atoms with Gasteiger partial charge in [-0.1, -0.05) is 29.5 Å². The Morgan fingerprint density at radius 3 is 2.04 bits per heavy atom. The van der Waals surface area contributed by atoms with Crippen molar-refractivity contribution in [2.45, 2.75) is 85.7 Å². The minimum atomic E-state index is -1.62. The number of nitrogens with one attached hydrogen (secondary N) is 1. The fourth-order valence-corrected chi connectivity index (χ4v) is 5.52. The molecule has 3 aliphatic heterocycles. The molecule has 2 unspecified atom stereocenters. The second kappa shape index (κ2) is 16.1. The van der Waals surface area contributed by atoms with Crippen LogP contribution in [0.4, 0.5) is 0 Å². The number of hydrogen-bond donors (Lipinski definition) is 1. The zero-order valence-corrected chi connectivity index (χ0v) is 31.8. The van der Waals surface area contributed by atoms with Crippen molar-refractivity contribution in [3.8, 4) is 0 Å². The van der Waals surface area contributed by atoms with Gasteiger partial charge >= 0.3 is 23.9 Å². The lowest BCUT2D eigenvalue weighted by atomic mass is 9.89. The van der Waals surface area contributed by atoms with Crippen molar-refractivity contribution >= 4 is 29.8 Å². The van der Waals surface area contributed by atoms with E-state index >= 15 is 0 Å². The van der Waals surface area contributed by atoms with Crippen molar-refractivity contribution in [3.63, 3.8) is 0 Å². The third kappa shape index (κ3) is 9.99. The molecule has 54 heavy (non-hydrogen) atoms. The smallest absolute Gasteiger partial charge is 0.323 e. The van der Waals surface area contributed by atoms with Crippen LogP contribution < -0.4 is 5.32 Å². The van der Waals surface area contributed by atoms with Crippen LogP contribution >= 0.6 is 0 Å². The molecular formula is C37H50N4O13. The molecule has 0 spiro atoms. The number of aromatic nitrogens is 3. The van der Waals surface area contributed by atoms with Crippen molar-refractivity contribution < 1.29 is 61.9 Å². The number of carbonyl (C=O) groups excluding carboxylic acids is 5. The summed E-state index contributed by atoms with van der Waals surface area (Å²) in [5.74, 6) is -5.95. The van der Waals surface area contributed by atoms with Gasteiger partial charge in [-0.15, -0.1) is 5.10 Å². The van der Waals surface area contributed by atoms with Crippen LogP contribution in [-0.4, -0.2) is 109 Å². The summed E-state index contributed by atoms with van der Waals surface area (Å²) in [6.07, 6.45) is 10.3. The third-order valence-electron chi connectivity index (χ3n) is 9.43. The maximum absolute atomic E-state index is 13.6. The molecular weight excluding hydrogens is 708 g/mol. The van der Waals surface area contributed by atoms with E-state index in [1.54, 1.807) is 72.0 Å². The summed E-state index contributed by atoms with van der Waals surface area (Å²) >= 11 is 0. The fourth-order valence-electron chi connectivity index (χ4n) is 5.52. The largest absolute Gasteiger partial charge is 0.464 e. The van der Waals surface area contributed by atoms with E-state index in [1.807, 2.05) is 6.08 Å². The summed E-state index contributed by atoms with van der Waals surface area (Å²) in [5, 5.41) is 10.9. The topological polar surface area (TPSA) is 202 Å². The van der Waals surface area contributed by atoms with E-state index in [2.05, 4.69) is 15.6 Å². The first-order valence-electron chi connectivity index (χ1n) is 17.8. The van der Waals surface area contributed by atoms with Gasteiger partial charge in [-0.05, 0) is 66.5 Å². The summed E-state index contributed by atoms with van der Waals surface area (Å²) in [7, 11) is 0. The Hall–Kier alpha value is -4.45. The van der Waals surface area contributed by atoms with E-state index in [4.69, 9.17) is 37.9 Å². The molecule has 5 rings (SSSR count). The van der Waals surface area contributed by atoms with Gasteiger partial charge in [0.1, 0.15) is 47.9 Å². The molecule has 1 N–H and O–H groups in total. The number of carbonyl (C=O) groups is 5. The first-order valence-corrected chi connectivity index (χ1v) is 17.8. The minimum absolute atomic E-state index is 0.0370. The Morgan fingerprint density at radius 2 is 1.46 bits per heavy atom. The molecule has 0 radical (unpaired) electrons. The van der Waals surface area contributed by atoms with Crippen LogP contribution in [0.1, 0.15) is 60.6 Å². The zero-order valence-electron chi connectivity index (χ0n) is 31.8. The Morgan fingerprint density at radius 1 is 0.889 bits per heavy atom. The van der Waals surface area contributed by atoms with Gasteiger partial charge in [-0.2, -0.15) is 0 Å². The molecule has 0 bridgehead atoms. The molecule has 1 aromatic heterocycles. The molecule has 2 fully saturated rings. The highest BCUT2D eigenvalue weighted by Crippen LogP contribution is 2.34. The van der Waals surface area contributed by atoms with E-state index in [0.717, 1.165) is 5.57 Å². The maximum atomic E-state index is 13.6. The fraction of sp³-hybridized carbons (Fsp3) is 0.649. The van der Waals surface area contributed by atoms with Crippen LogP contribution in [-0.2, 0) is 75.0 Å². The van der Waals surface area contributed by atoms with E-state index in [1.165, 1.54) is 11.6 Å². The summed E-state index contributed by atoms with van der Waals surface area (Å²) in [5.41, 5.74) is -2.82. The molecule has 4 heterocycles. The molecule has 1 aromatic rings. The average molecular weight is 759 g/mol. The van der Waals surface area contributed by atoms with E-state index in [-0.39, 0.29) is 39.6 Å². The number of ether oxygens (including phenoxy) is 8. The Balaban J connectivity index is 1.14. The number of amides is 1. The van der Waals surface area contributed by atoms with E-state index in [9.17, 15) is 24.0 Å². The molecule has 296 valence electrons. The monoisotopic (exact) mass is 758 g/mol. The van der Waals surface area contributed by atoms with Gasteiger partial charge in [0.25, 0.3) is 0 Å². The van der Waals surface area contributed by atoms with Crippen LogP contribution in [0.25, 0.3) is 0 Å². The molecule has 1 amide bonds. The van der Waals surface area contributed by atoms with Crippen molar-refractivity contribution in [1.82, 2.24) is 20.3 Å². The SMILES string of the molecule is CC1(C)OCC(C)(C(=O)OCC(C)(COC(=O)C2(C)COC(C)(C)OC2)C(=O)OCc2cn(CCCNC(=O)C3C=C4C=CC=CC4OC3=O)nn2)CO1. The quantitative estimate of drug-likeness (QED) is 0.125. The standard InChI is InChI=1S/C37H50N4O13/c1-33(2)50-20-36(6,21-51-33)31(45)48-18-35(5,19-49-32(46)37(7)22-52-34(3,4)53-23-37)30(44)47-17-25-16-41(40-39-25)14-10-13-38-28(42)26-15-24-11-8-9-12-27(24)54-29(26)43/h8-9,11-12,15-16,26-27H,10,13-14,17-23H2,1-7H3,(H,38,42). The Labute approximate surface area is 313 Å². The molecule has 17 nitrogen and oxygen atoms in total. The zero-order chi connectivity index (χ0) is 39.4. The lowest BCUT2D eigenvalue weighted by Gasteiger charge is -2.40. The lowest BCUT2D eigenvalue weighted by molar-refractivity contribution is -0.282. The van der Waals surface area contributed by atoms with Crippen LogP contribution in [0.3, 0.4) is 0 Å². The number of fused-ring (bicyclic) bond motifs is 1. The third-order valence-corrected chi connectivity index (χ3v) is 9.43. The Kier molecular flexibility index (Phi) is 12.1. The predicted molar refractivity (Wildman–Crippen MR) is 185 cm³/mol. The van der Waals surface area contributed by atoms with Gasteiger partial charge in [0, 0.05) is 13.1 Å². The predicted octanol–water partition coefficient (Wildman–Crippen LogP) is 2.09. The molecule has 4 aliphatic rings. The molecule has 0 aromatic carbocycles. The van der Waals surface area contributed by atoms with Crippen LogP contribution in [0.15, 0.2) is 42.2 Å². The van der Waals surface area contributed by atoms with Crippen molar-refractivity contribution in [1.29, 1.82) is 0 Å². The highest BCUT2D eigenvalue weighted by Gasteiger charge is 2.48. The van der Waals surface area contributed by atoms with Gasteiger partial charge in [-0.3, -0.25) is 28.7 Å². The highest BCUT2D eigenvalue weighted by atomic mass is 16.7. The van der Waals surface area contributed by atoms with Crippen molar-refractivity contribution in [2.75, 3.05) is 46.2 Å². The van der Waals surface area contributed by atoms with Crippen molar-refractivity contribution in [2.24, 2.45) is 22.2 Å². The highest BCUT2D eigenvalue weighted by molar-refractivity contribution is 6.00. The molecule has 2 saturated heterocycles. The number of esters is 4. The van der Waals surface area contributed by atoms with Gasteiger partial charge < -0.3 is 43.2 Å². The molecule has 0 saturated carbocycles. The normalized spacial score (nSPS) is 23.6. The number of nitrogens with zero attached hydrogens (tertiary/aromatic N) is 3. The molecule has 17 heteroatoms. The molecule has 1 aliphatic carbocycles. The number of rotatable bonds is 14. The van der Waals surface area contributed by atoms with E-state index < -0.39 is 82.8 Å². The maximum Gasteiger partial charge on any atom is 0.323 e. The Bertz CT molecular complexity index is 1620. The number of aryl methyl sites for hydroxylation is 1.